The molecule has 0 spiro atoms. The molecule has 1 atom stereocenters. The number of carbonyl (C=O) groups is 1. The van der Waals surface area contributed by atoms with E-state index in [0.29, 0.717) is 10.6 Å². The maximum atomic E-state index is 11.2. The summed E-state index contributed by atoms with van der Waals surface area (Å²) < 4.78 is 4.50. The van der Waals surface area contributed by atoms with Crippen LogP contribution in [-0.2, 0) is 15.1 Å². The average Bonchev–Trinajstić information content (AvgIpc) is 2.36. The molecule has 0 amide bonds. The fourth-order valence-electron chi connectivity index (χ4n) is 1.60. The van der Waals surface area contributed by atoms with E-state index in [2.05, 4.69) is 4.74 Å². The Kier molecular flexibility index (Phi) is 4.67. The summed E-state index contributed by atoms with van der Waals surface area (Å²) in [5.74, 6) is -0.461. The zero-order chi connectivity index (χ0) is 13.8. The second-order valence-corrected chi connectivity index (χ2v) is 4.55. The van der Waals surface area contributed by atoms with Crippen LogP contribution in [0.5, 0.6) is 0 Å². The van der Waals surface area contributed by atoms with Gasteiger partial charge in [0.15, 0.2) is 0 Å². The summed E-state index contributed by atoms with van der Waals surface area (Å²) in [6.45, 7) is 1.49. The molecule has 1 aromatic carbocycles. The smallest absolute Gasteiger partial charge is 0.305 e. The lowest BCUT2D eigenvalue weighted by atomic mass is 9.88. The monoisotopic (exact) mass is 271 g/mol. The van der Waals surface area contributed by atoms with Crippen molar-refractivity contribution in [1.82, 2.24) is 0 Å². The quantitative estimate of drug-likeness (QED) is 0.469. The van der Waals surface area contributed by atoms with Crippen LogP contribution in [0, 0.1) is 10.1 Å². The molecular weight excluding hydrogens is 258 g/mol. The van der Waals surface area contributed by atoms with Gasteiger partial charge in [-0.3, -0.25) is 14.9 Å². The molecule has 0 aliphatic heterocycles. The van der Waals surface area contributed by atoms with Gasteiger partial charge in [-0.05, 0) is 12.1 Å². The highest BCUT2D eigenvalue weighted by Crippen LogP contribution is 2.30. The second kappa shape index (κ2) is 5.82. The number of esters is 1. The predicted octanol–water partition coefficient (Wildman–Crippen LogP) is 2.79. The summed E-state index contributed by atoms with van der Waals surface area (Å²) in [4.78, 5) is 21.9. The number of hydrogen-bond acceptors (Lipinski definition) is 4. The Bertz CT molecular complexity index is 446. The first kappa shape index (κ1) is 14.4. The molecule has 1 unspecified atom stereocenters. The van der Waals surface area contributed by atoms with Crippen LogP contribution in [0.15, 0.2) is 24.3 Å². The van der Waals surface area contributed by atoms with Crippen molar-refractivity contribution in [3.8, 4) is 0 Å². The van der Waals surface area contributed by atoms with Gasteiger partial charge in [-0.15, -0.1) is 0 Å². The van der Waals surface area contributed by atoms with Crippen LogP contribution >= 0.6 is 11.6 Å². The van der Waals surface area contributed by atoms with Gasteiger partial charge in [-0.25, -0.2) is 0 Å². The molecule has 1 aromatic rings. The molecule has 6 heteroatoms. The lowest BCUT2D eigenvalue weighted by Gasteiger charge is -2.20. The van der Waals surface area contributed by atoms with E-state index in [0.717, 1.165) is 0 Å². The standard InChI is InChI=1S/C12H14ClNO4/c1-12(14(16)17,8-7-11(15)18-2)9-3-5-10(13)6-4-9/h3-6H,7-8H2,1-2H3. The van der Waals surface area contributed by atoms with Gasteiger partial charge in [0.1, 0.15) is 0 Å². The van der Waals surface area contributed by atoms with Crippen molar-refractivity contribution in [2.75, 3.05) is 7.11 Å². The van der Waals surface area contributed by atoms with Gasteiger partial charge in [0.2, 0.25) is 5.54 Å². The van der Waals surface area contributed by atoms with Gasteiger partial charge < -0.3 is 4.74 Å². The number of nitro groups is 1. The molecule has 98 valence electrons. The van der Waals surface area contributed by atoms with Crippen LogP contribution in [0.2, 0.25) is 5.02 Å². The SMILES string of the molecule is COC(=O)CCC(C)(c1ccc(Cl)cc1)[N+](=O)[O-]. The number of carbonyl (C=O) groups excluding carboxylic acids is 1. The molecule has 0 heterocycles. The minimum absolute atomic E-state index is 0.00337. The van der Waals surface area contributed by atoms with E-state index < -0.39 is 11.5 Å². The Hall–Kier alpha value is -1.62. The Morgan fingerprint density at radius 2 is 2.00 bits per heavy atom. The molecule has 0 saturated heterocycles. The van der Waals surface area contributed by atoms with Crippen molar-refractivity contribution in [2.45, 2.75) is 25.3 Å². The van der Waals surface area contributed by atoms with E-state index in [1.54, 1.807) is 24.3 Å². The number of nitrogens with zero attached hydrogens (tertiary/aromatic N) is 1. The van der Waals surface area contributed by atoms with E-state index in [-0.39, 0.29) is 17.8 Å². The van der Waals surface area contributed by atoms with E-state index in [9.17, 15) is 14.9 Å². The number of ether oxygens (including phenoxy) is 1. The molecule has 0 aliphatic carbocycles. The molecule has 0 radical (unpaired) electrons. The number of halogens is 1. The van der Waals surface area contributed by atoms with Gasteiger partial charge >= 0.3 is 5.97 Å². The largest absolute Gasteiger partial charge is 0.469 e. The van der Waals surface area contributed by atoms with E-state index in [1.807, 2.05) is 0 Å². The molecule has 0 N–H and O–H groups in total. The van der Waals surface area contributed by atoms with E-state index in [4.69, 9.17) is 11.6 Å². The Balaban J connectivity index is 2.96. The highest BCUT2D eigenvalue weighted by Gasteiger charge is 2.39. The van der Waals surface area contributed by atoms with Crippen molar-refractivity contribution in [3.63, 3.8) is 0 Å². The van der Waals surface area contributed by atoms with Gasteiger partial charge in [-0.1, -0.05) is 23.7 Å². The van der Waals surface area contributed by atoms with Crippen LogP contribution in [0.4, 0.5) is 0 Å². The third kappa shape index (κ3) is 3.20. The molecule has 18 heavy (non-hydrogen) atoms. The molecule has 5 nitrogen and oxygen atoms in total. The molecular formula is C12H14ClNO4. The second-order valence-electron chi connectivity index (χ2n) is 4.11. The highest BCUT2D eigenvalue weighted by molar-refractivity contribution is 6.30. The van der Waals surface area contributed by atoms with Crippen LogP contribution in [0.1, 0.15) is 25.3 Å². The number of methoxy groups -OCH3 is 1. The van der Waals surface area contributed by atoms with Crippen molar-refractivity contribution in [3.05, 3.63) is 45.0 Å². The third-order valence-electron chi connectivity index (χ3n) is 2.91. The van der Waals surface area contributed by atoms with Crippen LogP contribution in [0.25, 0.3) is 0 Å². The molecule has 0 aliphatic rings. The summed E-state index contributed by atoms with van der Waals surface area (Å²) in [7, 11) is 1.26. The first-order valence-electron chi connectivity index (χ1n) is 5.37. The zero-order valence-corrected chi connectivity index (χ0v) is 10.9. The van der Waals surface area contributed by atoms with Crippen molar-refractivity contribution in [1.29, 1.82) is 0 Å². The highest BCUT2D eigenvalue weighted by atomic mass is 35.5. The Labute approximate surface area is 110 Å². The van der Waals surface area contributed by atoms with Crippen molar-refractivity contribution < 1.29 is 14.5 Å². The summed E-state index contributed by atoms with van der Waals surface area (Å²) in [6.07, 6.45) is 0.0743. The minimum atomic E-state index is -1.32. The fourth-order valence-corrected chi connectivity index (χ4v) is 1.72. The topological polar surface area (TPSA) is 69.4 Å². The van der Waals surface area contributed by atoms with Gasteiger partial charge in [0.25, 0.3) is 0 Å². The van der Waals surface area contributed by atoms with E-state index in [1.165, 1.54) is 14.0 Å². The number of rotatable bonds is 5. The van der Waals surface area contributed by atoms with Crippen LogP contribution in [-0.4, -0.2) is 18.0 Å². The maximum Gasteiger partial charge on any atom is 0.305 e. The van der Waals surface area contributed by atoms with Crippen molar-refractivity contribution >= 4 is 17.6 Å². The van der Waals surface area contributed by atoms with Crippen LogP contribution < -0.4 is 0 Å². The molecule has 0 fully saturated rings. The normalized spacial score (nSPS) is 13.7. The Morgan fingerprint density at radius 1 is 1.44 bits per heavy atom. The van der Waals surface area contributed by atoms with Gasteiger partial charge in [0, 0.05) is 28.9 Å². The number of benzene rings is 1. The zero-order valence-electron chi connectivity index (χ0n) is 10.2. The average molecular weight is 272 g/mol. The van der Waals surface area contributed by atoms with E-state index >= 15 is 0 Å². The third-order valence-corrected chi connectivity index (χ3v) is 3.16. The molecule has 0 saturated carbocycles. The minimum Gasteiger partial charge on any atom is -0.469 e. The summed E-state index contributed by atoms with van der Waals surface area (Å²) in [5, 5.41) is 11.7. The predicted molar refractivity (Wildman–Crippen MR) is 67.0 cm³/mol. The summed E-state index contributed by atoms with van der Waals surface area (Å²) >= 11 is 5.75. The Morgan fingerprint density at radius 3 is 2.44 bits per heavy atom. The lowest BCUT2D eigenvalue weighted by Crippen LogP contribution is -2.32. The first-order valence-corrected chi connectivity index (χ1v) is 5.75. The molecule has 0 aromatic heterocycles. The maximum absolute atomic E-state index is 11.2. The number of hydrogen-bond donors (Lipinski definition) is 0. The summed E-state index contributed by atoms with van der Waals surface area (Å²) in [5.41, 5.74) is -0.806. The van der Waals surface area contributed by atoms with Gasteiger partial charge in [0.05, 0.1) is 13.5 Å². The molecule has 0 bridgehead atoms. The van der Waals surface area contributed by atoms with Crippen LogP contribution in [0.3, 0.4) is 0 Å². The lowest BCUT2D eigenvalue weighted by molar-refractivity contribution is -0.575. The first-order chi connectivity index (χ1) is 8.40. The van der Waals surface area contributed by atoms with Crippen molar-refractivity contribution in [2.24, 2.45) is 0 Å². The van der Waals surface area contributed by atoms with Gasteiger partial charge in [-0.2, -0.15) is 0 Å². The fraction of sp³-hybridized carbons (Fsp3) is 0.417. The molecule has 1 rings (SSSR count). The summed E-state index contributed by atoms with van der Waals surface area (Å²) in [6, 6.07) is 6.39.